The Kier molecular flexibility index (Phi) is 11.1. The Hall–Kier alpha value is -2.00. The Morgan fingerprint density at radius 3 is 2.44 bits per heavy atom. The molecule has 2 aromatic rings. The number of aliphatic hydroxyl groups is 1. The topological polar surface area (TPSA) is 71.2 Å². The van der Waals surface area contributed by atoms with Crippen LogP contribution in [0.3, 0.4) is 0 Å². The van der Waals surface area contributed by atoms with Crippen LogP contribution in [0.4, 0.5) is 10.3 Å². The molecule has 32 heavy (non-hydrogen) atoms. The molecule has 2 rings (SSSR count). The number of nitrogens with zero attached hydrogens (tertiary/aromatic N) is 3. The number of halogens is 1. The summed E-state index contributed by atoms with van der Waals surface area (Å²) in [4.78, 5) is 4.28. The van der Waals surface area contributed by atoms with Crippen LogP contribution in [0.5, 0.6) is 0 Å². The van der Waals surface area contributed by atoms with Crippen molar-refractivity contribution in [1.82, 2.24) is 10.1 Å². The van der Waals surface area contributed by atoms with Gasteiger partial charge in [0.25, 0.3) is 0 Å². The summed E-state index contributed by atoms with van der Waals surface area (Å²) in [7, 11) is 1.68. The lowest BCUT2D eigenvalue weighted by Crippen LogP contribution is -2.36. The number of aliphatic hydroxyl groups excluding tert-OH is 1. The molecule has 0 aliphatic carbocycles. The van der Waals surface area contributed by atoms with Crippen LogP contribution in [0.2, 0.25) is 0 Å². The van der Waals surface area contributed by atoms with E-state index in [1.807, 2.05) is 13.8 Å². The van der Waals surface area contributed by atoms with E-state index in [0.717, 1.165) is 37.2 Å². The molecule has 0 aliphatic rings. The molecule has 1 unspecified atom stereocenters. The molecule has 0 bridgehead atoms. The number of anilines is 1. The second-order valence-corrected chi connectivity index (χ2v) is 8.11. The van der Waals surface area contributed by atoms with Gasteiger partial charge in [0.2, 0.25) is 5.88 Å². The summed E-state index contributed by atoms with van der Waals surface area (Å²) in [6, 6.07) is 6.27. The fourth-order valence-electron chi connectivity index (χ4n) is 3.58. The van der Waals surface area contributed by atoms with Crippen LogP contribution in [-0.4, -0.2) is 73.9 Å². The van der Waals surface area contributed by atoms with Gasteiger partial charge in [-0.25, -0.2) is 4.39 Å². The second kappa shape index (κ2) is 13.5. The van der Waals surface area contributed by atoms with Crippen molar-refractivity contribution in [3.8, 4) is 11.3 Å². The molecule has 1 heterocycles. The fraction of sp³-hybridized carbons (Fsp3) is 0.625. The van der Waals surface area contributed by atoms with E-state index in [9.17, 15) is 9.50 Å². The van der Waals surface area contributed by atoms with Crippen LogP contribution < -0.4 is 4.90 Å². The molecule has 1 aromatic carbocycles. The third kappa shape index (κ3) is 7.85. The van der Waals surface area contributed by atoms with E-state index in [1.54, 1.807) is 19.2 Å². The minimum absolute atomic E-state index is 0.0593. The molecule has 8 heteroatoms. The molecule has 7 nitrogen and oxygen atoms in total. The number of hydrogen-bond acceptors (Lipinski definition) is 7. The quantitative estimate of drug-likeness (QED) is 0.411. The van der Waals surface area contributed by atoms with Gasteiger partial charge in [0.1, 0.15) is 11.5 Å². The van der Waals surface area contributed by atoms with E-state index in [2.05, 4.69) is 28.8 Å². The molecular formula is C24H38FN3O4. The van der Waals surface area contributed by atoms with Crippen LogP contribution in [0, 0.1) is 5.82 Å². The predicted octanol–water partition coefficient (Wildman–Crippen LogP) is 3.95. The third-order valence-corrected chi connectivity index (χ3v) is 5.23. The van der Waals surface area contributed by atoms with Crippen molar-refractivity contribution in [2.24, 2.45) is 0 Å². The maximum Gasteiger partial charge on any atom is 0.232 e. The molecule has 180 valence electrons. The van der Waals surface area contributed by atoms with Gasteiger partial charge in [0.15, 0.2) is 0 Å². The maximum absolute atomic E-state index is 13.5. The molecule has 0 saturated heterocycles. The van der Waals surface area contributed by atoms with Gasteiger partial charge < -0.3 is 24.0 Å². The summed E-state index contributed by atoms with van der Waals surface area (Å²) in [5.74, 6) is 0.413. The van der Waals surface area contributed by atoms with E-state index in [1.165, 1.54) is 12.1 Å². The Bertz CT molecular complexity index is 778. The Morgan fingerprint density at radius 2 is 1.84 bits per heavy atom. The fourth-order valence-corrected chi connectivity index (χ4v) is 3.58. The van der Waals surface area contributed by atoms with Crippen LogP contribution in [0.25, 0.3) is 11.3 Å². The van der Waals surface area contributed by atoms with Gasteiger partial charge in [0.05, 0.1) is 24.4 Å². The number of aromatic nitrogens is 1. The van der Waals surface area contributed by atoms with Crippen molar-refractivity contribution >= 4 is 5.88 Å². The Balaban J connectivity index is 2.33. The summed E-state index contributed by atoms with van der Waals surface area (Å²) >= 11 is 0. The highest BCUT2D eigenvalue weighted by Crippen LogP contribution is 2.32. The lowest BCUT2D eigenvalue weighted by atomic mass is 10.1. The van der Waals surface area contributed by atoms with Gasteiger partial charge >= 0.3 is 0 Å². The molecule has 1 aromatic heterocycles. The highest BCUT2D eigenvalue weighted by molar-refractivity contribution is 5.68. The van der Waals surface area contributed by atoms with Crippen molar-refractivity contribution in [2.75, 3.05) is 51.4 Å². The standard InChI is InChI=1S/C24H38FN3O4/c1-6-28(7-2)24-22(23(26-32-24)19-9-11-20(25)12-10-19)16-27(13-8-14-30-5)15-21(29)17-31-18(3)4/h9-12,18,21,29H,6-8,13-17H2,1-5H3. The molecule has 0 aliphatic heterocycles. The maximum atomic E-state index is 13.5. The van der Waals surface area contributed by atoms with Gasteiger partial charge in [-0.2, -0.15) is 0 Å². The first kappa shape index (κ1) is 26.3. The Morgan fingerprint density at radius 1 is 1.16 bits per heavy atom. The lowest BCUT2D eigenvalue weighted by molar-refractivity contribution is -0.0103. The largest absolute Gasteiger partial charge is 0.389 e. The van der Waals surface area contributed by atoms with Crippen LogP contribution in [-0.2, 0) is 16.0 Å². The zero-order valence-electron chi connectivity index (χ0n) is 20.0. The summed E-state index contributed by atoms with van der Waals surface area (Å²) in [6.07, 6.45) is 0.265. The van der Waals surface area contributed by atoms with Crippen molar-refractivity contribution in [1.29, 1.82) is 0 Å². The van der Waals surface area contributed by atoms with E-state index in [0.29, 0.717) is 31.3 Å². The van der Waals surface area contributed by atoms with E-state index < -0.39 is 6.10 Å². The third-order valence-electron chi connectivity index (χ3n) is 5.23. The van der Waals surface area contributed by atoms with Crippen LogP contribution in [0.15, 0.2) is 28.8 Å². The van der Waals surface area contributed by atoms with Gasteiger partial charge in [-0.3, -0.25) is 4.90 Å². The monoisotopic (exact) mass is 451 g/mol. The number of methoxy groups -OCH3 is 1. The first-order valence-corrected chi connectivity index (χ1v) is 11.4. The molecular weight excluding hydrogens is 413 g/mol. The summed E-state index contributed by atoms with van der Waals surface area (Å²) in [6.45, 7) is 12.2. The van der Waals surface area contributed by atoms with Crippen LogP contribution >= 0.6 is 0 Å². The summed E-state index contributed by atoms with van der Waals surface area (Å²) < 4.78 is 30.1. The molecule has 0 fully saturated rings. The normalized spacial score (nSPS) is 12.7. The molecule has 0 amide bonds. The zero-order valence-corrected chi connectivity index (χ0v) is 20.0. The minimum atomic E-state index is -0.619. The Labute approximate surface area is 191 Å². The second-order valence-electron chi connectivity index (χ2n) is 8.11. The number of ether oxygens (including phenoxy) is 2. The zero-order chi connectivity index (χ0) is 23.5. The van der Waals surface area contributed by atoms with Crippen molar-refractivity contribution in [2.45, 2.75) is 52.9 Å². The molecule has 0 spiro atoms. The van der Waals surface area contributed by atoms with Crippen molar-refractivity contribution < 1.29 is 23.5 Å². The average molecular weight is 452 g/mol. The van der Waals surface area contributed by atoms with Gasteiger partial charge in [-0.05, 0) is 58.4 Å². The minimum Gasteiger partial charge on any atom is -0.389 e. The first-order chi connectivity index (χ1) is 15.4. The summed E-state index contributed by atoms with van der Waals surface area (Å²) in [5.41, 5.74) is 2.41. The number of benzene rings is 1. The average Bonchev–Trinajstić information content (AvgIpc) is 3.17. The highest BCUT2D eigenvalue weighted by atomic mass is 19.1. The molecule has 1 N–H and O–H groups in total. The SMILES string of the molecule is CCN(CC)c1onc(-c2ccc(F)cc2)c1CN(CCCOC)CC(O)COC(C)C. The van der Waals surface area contributed by atoms with Gasteiger partial charge in [-0.1, -0.05) is 5.16 Å². The number of rotatable bonds is 15. The van der Waals surface area contributed by atoms with Crippen molar-refractivity contribution in [3.05, 3.63) is 35.6 Å². The molecule has 0 radical (unpaired) electrons. The predicted molar refractivity (Wildman–Crippen MR) is 124 cm³/mol. The number of hydrogen-bond donors (Lipinski definition) is 1. The van der Waals surface area contributed by atoms with E-state index >= 15 is 0 Å². The van der Waals surface area contributed by atoms with E-state index in [-0.39, 0.29) is 18.5 Å². The highest BCUT2D eigenvalue weighted by Gasteiger charge is 2.24. The smallest absolute Gasteiger partial charge is 0.232 e. The van der Waals surface area contributed by atoms with Gasteiger partial charge in [0, 0.05) is 52.0 Å². The summed E-state index contributed by atoms with van der Waals surface area (Å²) in [5, 5.41) is 14.9. The molecule has 0 saturated carbocycles. The van der Waals surface area contributed by atoms with Crippen LogP contribution in [0.1, 0.15) is 39.7 Å². The lowest BCUT2D eigenvalue weighted by Gasteiger charge is -2.27. The van der Waals surface area contributed by atoms with E-state index in [4.69, 9.17) is 14.0 Å². The van der Waals surface area contributed by atoms with Crippen molar-refractivity contribution in [3.63, 3.8) is 0 Å². The van der Waals surface area contributed by atoms with Gasteiger partial charge in [-0.15, -0.1) is 0 Å². The molecule has 1 atom stereocenters. The first-order valence-electron chi connectivity index (χ1n) is 11.4.